The third-order valence-corrected chi connectivity index (χ3v) is 5.52. The molecule has 0 saturated carbocycles. The van der Waals surface area contributed by atoms with Gasteiger partial charge in [0.15, 0.2) is 0 Å². The van der Waals surface area contributed by atoms with Gasteiger partial charge in [-0.15, -0.1) is 0 Å². The lowest BCUT2D eigenvalue weighted by Crippen LogP contribution is -2.35. The molecule has 0 atom stereocenters. The standard InChI is InChI=1S/C25H22N4O4/c26-18-19-7-9-20(10-8-19)27-13-4-14-28(16-15-27)25(30)23-17-21(29(31)32)11-12-24(23)33-22-5-2-1-3-6-22/h1-3,5-12,17H,4,13-16H2. The Morgan fingerprint density at radius 2 is 1.73 bits per heavy atom. The van der Waals surface area contributed by atoms with Gasteiger partial charge in [-0.1, -0.05) is 18.2 Å². The molecule has 1 saturated heterocycles. The molecule has 0 aromatic heterocycles. The first-order valence-electron chi connectivity index (χ1n) is 10.6. The van der Waals surface area contributed by atoms with Crippen molar-refractivity contribution in [3.05, 3.63) is 94.0 Å². The van der Waals surface area contributed by atoms with Crippen molar-refractivity contribution in [1.82, 2.24) is 4.90 Å². The van der Waals surface area contributed by atoms with E-state index < -0.39 is 4.92 Å². The van der Waals surface area contributed by atoms with Crippen LogP contribution >= 0.6 is 0 Å². The largest absolute Gasteiger partial charge is 0.457 e. The summed E-state index contributed by atoms with van der Waals surface area (Å²) in [4.78, 5) is 28.1. The number of benzene rings is 3. The van der Waals surface area contributed by atoms with Crippen LogP contribution in [0.2, 0.25) is 0 Å². The monoisotopic (exact) mass is 442 g/mol. The van der Waals surface area contributed by atoms with Gasteiger partial charge in [0.05, 0.1) is 22.1 Å². The van der Waals surface area contributed by atoms with Crippen LogP contribution in [-0.4, -0.2) is 41.9 Å². The summed E-state index contributed by atoms with van der Waals surface area (Å²) < 4.78 is 5.89. The van der Waals surface area contributed by atoms with Crippen LogP contribution in [0.3, 0.4) is 0 Å². The fourth-order valence-corrected chi connectivity index (χ4v) is 3.80. The zero-order valence-corrected chi connectivity index (χ0v) is 17.9. The maximum absolute atomic E-state index is 13.4. The lowest BCUT2D eigenvalue weighted by molar-refractivity contribution is -0.384. The average Bonchev–Trinajstić information content (AvgIpc) is 3.11. The minimum absolute atomic E-state index is 0.159. The molecule has 0 bridgehead atoms. The van der Waals surface area contributed by atoms with Crippen LogP contribution in [0.4, 0.5) is 11.4 Å². The highest BCUT2D eigenvalue weighted by molar-refractivity contribution is 5.97. The van der Waals surface area contributed by atoms with E-state index >= 15 is 0 Å². The second kappa shape index (κ2) is 9.83. The second-order valence-corrected chi connectivity index (χ2v) is 7.64. The fourth-order valence-electron chi connectivity index (χ4n) is 3.80. The highest BCUT2D eigenvalue weighted by Crippen LogP contribution is 2.30. The Hall–Kier alpha value is -4.38. The van der Waals surface area contributed by atoms with Gasteiger partial charge in [-0.3, -0.25) is 14.9 Å². The van der Waals surface area contributed by atoms with E-state index in [0.717, 1.165) is 18.7 Å². The maximum Gasteiger partial charge on any atom is 0.270 e. The molecule has 0 radical (unpaired) electrons. The van der Waals surface area contributed by atoms with Crippen molar-refractivity contribution >= 4 is 17.3 Å². The second-order valence-electron chi connectivity index (χ2n) is 7.64. The zero-order valence-electron chi connectivity index (χ0n) is 17.9. The number of hydrogen-bond acceptors (Lipinski definition) is 6. The van der Waals surface area contributed by atoms with E-state index in [1.54, 1.807) is 29.2 Å². The molecule has 1 amide bonds. The number of hydrogen-bond donors (Lipinski definition) is 0. The third-order valence-electron chi connectivity index (χ3n) is 5.52. The van der Waals surface area contributed by atoms with Gasteiger partial charge >= 0.3 is 0 Å². The first-order chi connectivity index (χ1) is 16.0. The van der Waals surface area contributed by atoms with Gasteiger partial charge in [-0.05, 0) is 48.9 Å². The molecule has 1 aliphatic heterocycles. The Labute approximate surface area is 191 Å². The number of carbonyl (C=O) groups excluding carboxylic acids is 1. The number of ether oxygens (including phenoxy) is 1. The molecule has 0 aliphatic carbocycles. The van der Waals surface area contributed by atoms with Gasteiger partial charge in [-0.2, -0.15) is 5.26 Å². The highest BCUT2D eigenvalue weighted by Gasteiger charge is 2.25. The minimum atomic E-state index is -0.516. The lowest BCUT2D eigenvalue weighted by atomic mass is 10.1. The third kappa shape index (κ3) is 5.10. The molecule has 4 rings (SSSR count). The summed E-state index contributed by atoms with van der Waals surface area (Å²) in [5.74, 6) is 0.527. The first-order valence-corrected chi connectivity index (χ1v) is 10.6. The van der Waals surface area contributed by atoms with Crippen LogP contribution in [0.1, 0.15) is 22.3 Å². The van der Waals surface area contributed by atoms with E-state index in [-0.39, 0.29) is 22.9 Å². The van der Waals surface area contributed by atoms with Crippen molar-refractivity contribution in [1.29, 1.82) is 5.26 Å². The molecule has 3 aromatic carbocycles. The molecular formula is C25H22N4O4. The van der Waals surface area contributed by atoms with E-state index in [0.29, 0.717) is 30.9 Å². The summed E-state index contributed by atoms with van der Waals surface area (Å²) in [6.45, 7) is 2.37. The van der Waals surface area contributed by atoms with Crippen molar-refractivity contribution in [2.24, 2.45) is 0 Å². The number of non-ortho nitro benzene ring substituents is 1. The highest BCUT2D eigenvalue weighted by atomic mass is 16.6. The van der Waals surface area contributed by atoms with Crippen LogP contribution in [0, 0.1) is 21.4 Å². The van der Waals surface area contributed by atoms with E-state index in [1.165, 1.54) is 18.2 Å². The Morgan fingerprint density at radius 1 is 0.970 bits per heavy atom. The van der Waals surface area contributed by atoms with Gasteiger partial charge in [-0.25, -0.2) is 0 Å². The number of nitro benzene ring substituents is 1. The van der Waals surface area contributed by atoms with Gasteiger partial charge < -0.3 is 14.5 Å². The normalized spacial score (nSPS) is 13.7. The number of nitrogens with zero attached hydrogens (tertiary/aromatic N) is 4. The first kappa shape index (κ1) is 21.8. The van der Waals surface area contributed by atoms with Crippen LogP contribution in [0.25, 0.3) is 0 Å². The zero-order chi connectivity index (χ0) is 23.2. The van der Waals surface area contributed by atoms with Gasteiger partial charge in [0.2, 0.25) is 0 Å². The van der Waals surface area contributed by atoms with Gasteiger partial charge in [0.25, 0.3) is 11.6 Å². The maximum atomic E-state index is 13.4. The van der Waals surface area contributed by atoms with E-state index in [2.05, 4.69) is 11.0 Å². The van der Waals surface area contributed by atoms with Crippen molar-refractivity contribution in [2.75, 3.05) is 31.1 Å². The quantitative estimate of drug-likeness (QED) is 0.423. The van der Waals surface area contributed by atoms with Crippen molar-refractivity contribution in [3.63, 3.8) is 0 Å². The van der Waals surface area contributed by atoms with Crippen LogP contribution < -0.4 is 9.64 Å². The molecular weight excluding hydrogens is 420 g/mol. The molecule has 166 valence electrons. The molecule has 0 N–H and O–H groups in total. The summed E-state index contributed by atoms with van der Waals surface area (Å²) in [7, 11) is 0. The van der Waals surface area contributed by atoms with Crippen LogP contribution in [-0.2, 0) is 0 Å². The predicted octanol–water partition coefficient (Wildman–Crippen LogP) is 4.61. The Bertz CT molecular complexity index is 1190. The number of rotatable bonds is 5. The molecule has 0 unspecified atom stereocenters. The summed E-state index contributed by atoms with van der Waals surface area (Å²) in [5.41, 5.74) is 1.60. The molecule has 3 aromatic rings. The summed E-state index contributed by atoms with van der Waals surface area (Å²) in [6.07, 6.45) is 0.746. The number of para-hydroxylation sites is 1. The molecule has 1 fully saturated rings. The van der Waals surface area contributed by atoms with Gasteiger partial charge in [0, 0.05) is 44.0 Å². The molecule has 1 heterocycles. The predicted molar refractivity (Wildman–Crippen MR) is 124 cm³/mol. The summed E-state index contributed by atoms with van der Waals surface area (Å²) in [6, 6.07) is 22.6. The molecule has 33 heavy (non-hydrogen) atoms. The molecule has 8 heteroatoms. The molecule has 8 nitrogen and oxygen atoms in total. The lowest BCUT2D eigenvalue weighted by Gasteiger charge is -2.24. The number of anilines is 1. The minimum Gasteiger partial charge on any atom is -0.457 e. The fraction of sp³-hybridized carbons (Fsp3) is 0.200. The average molecular weight is 442 g/mol. The van der Waals surface area contributed by atoms with Gasteiger partial charge in [0.1, 0.15) is 11.5 Å². The Kier molecular flexibility index (Phi) is 6.51. The van der Waals surface area contributed by atoms with E-state index in [4.69, 9.17) is 10.00 Å². The number of amides is 1. The van der Waals surface area contributed by atoms with Crippen LogP contribution in [0.5, 0.6) is 11.5 Å². The Morgan fingerprint density at radius 3 is 2.42 bits per heavy atom. The summed E-state index contributed by atoms with van der Waals surface area (Å²) in [5, 5.41) is 20.3. The van der Waals surface area contributed by atoms with E-state index in [1.807, 2.05) is 30.3 Å². The van der Waals surface area contributed by atoms with Crippen molar-refractivity contribution in [3.8, 4) is 17.6 Å². The smallest absolute Gasteiger partial charge is 0.270 e. The number of nitro groups is 1. The number of carbonyl (C=O) groups is 1. The molecule has 0 spiro atoms. The topological polar surface area (TPSA) is 99.7 Å². The Balaban J connectivity index is 1.55. The summed E-state index contributed by atoms with van der Waals surface area (Å²) >= 11 is 0. The van der Waals surface area contributed by atoms with E-state index in [9.17, 15) is 14.9 Å². The molecule has 1 aliphatic rings. The number of nitriles is 1. The van der Waals surface area contributed by atoms with Crippen molar-refractivity contribution < 1.29 is 14.5 Å². The SMILES string of the molecule is N#Cc1ccc(N2CCCN(C(=O)c3cc([N+](=O)[O-])ccc3Oc3ccccc3)CC2)cc1. The van der Waals surface area contributed by atoms with Crippen molar-refractivity contribution in [2.45, 2.75) is 6.42 Å². The van der Waals surface area contributed by atoms with Crippen LogP contribution in [0.15, 0.2) is 72.8 Å².